The fourth-order valence-electron chi connectivity index (χ4n) is 3.84. The third-order valence-corrected chi connectivity index (χ3v) is 5.20. The van der Waals surface area contributed by atoms with Crippen molar-refractivity contribution in [3.8, 4) is 5.75 Å². The van der Waals surface area contributed by atoms with E-state index in [-0.39, 0.29) is 24.3 Å². The fourth-order valence-corrected chi connectivity index (χ4v) is 3.84. The molecule has 2 aliphatic heterocycles. The van der Waals surface area contributed by atoms with Gasteiger partial charge in [-0.3, -0.25) is 19.7 Å². The number of carbonyl (C=O) groups excluding carboxylic acids is 3. The maximum Gasteiger partial charge on any atom is 0.255 e. The van der Waals surface area contributed by atoms with Crippen molar-refractivity contribution in [1.82, 2.24) is 10.2 Å². The minimum Gasteiger partial charge on any atom is -0.488 e. The van der Waals surface area contributed by atoms with Crippen molar-refractivity contribution in [2.75, 3.05) is 0 Å². The highest BCUT2D eigenvalue weighted by molar-refractivity contribution is 6.05. The summed E-state index contributed by atoms with van der Waals surface area (Å²) in [5.41, 5.74) is 1.36. The van der Waals surface area contributed by atoms with Crippen LogP contribution in [0.1, 0.15) is 48.0 Å². The lowest BCUT2D eigenvalue weighted by atomic mass is 10.0. The summed E-state index contributed by atoms with van der Waals surface area (Å²) in [7, 11) is 0. The Balaban J connectivity index is 1.51. The molecule has 1 saturated heterocycles. The summed E-state index contributed by atoms with van der Waals surface area (Å²) in [5, 5.41) is 12.2. The van der Waals surface area contributed by atoms with Crippen molar-refractivity contribution < 1.29 is 24.2 Å². The van der Waals surface area contributed by atoms with E-state index in [1.54, 1.807) is 12.1 Å². The Morgan fingerprint density at radius 2 is 2.00 bits per heavy atom. The monoisotopic (exact) mass is 344 g/mol. The Bertz CT molecular complexity index is 747. The summed E-state index contributed by atoms with van der Waals surface area (Å²) in [4.78, 5) is 37.5. The molecule has 132 valence electrons. The number of fused-ring (bicyclic) bond motifs is 1. The van der Waals surface area contributed by atoms with Crippen LogP contribution in [-0.2, 0) is 16.1 Å². The van der Waals surface area contributed by atoms with Crippen LogP contribution in [0.4, 0.5) is 0 Å². The Kier molecular flexibility index (Phi) is 3.95. The van der Waals surface area contributed by atoms with Crippen molar-refractivity contribution >= 4 is 17.7 Å². The molecule has 3 amide bonds. The van der Waals surface area contributed by atoms with Gasteiger partial charge in [0, 0.05) is 18.5 Å². The largest absolute Gasteiger partial charge is 0.488 e. The molecule has 4 rings (SSSR count). The average Bonchev–Trinajstić information content (AvgIpc) is 3.12. The average molecular weight is 344 g/mol. The molecule has 0 spiro atoms. The summed E-state index contributed by atoms with van der Waals surface area (Å²) >= 11 is 0. The number of amides is 3. The van der Waals surface area contributed by atoms with Gasteiger partial charge in [-0.25, -0.2) is 0 Å². The lowest BCUT2D eigenvalue weighted by molar-refractivity contribution is -0.136. The van der Waals surface area contributed by atoms with Gasteiger partial charge in [0.2, 0.25) is 11.8 Å². The number of hydrogen-bond acceptors (Lipinski definition) is 5. The van der Waals surface area contributed by atoms with E-state index in [0.717, 1.165) is 24.8 Å². The molecule has 7 heteroatoms. The fraction of sp³-hybridized carbons (Fsp3) is 0.500. The quantitative estimate of drug-likeness (QED) is 0.789. The second kappa shape index (κ2) is 6.15. The van der Waals surface area contributed by atoms with E-state index in [0.29, 0.717) is 24.3 Å². The van der Waals surface area contributed by atoms with Crippen LogP contribution in [0.5, 0.6) is 5.75 Å². The number of imide groups is 1. The molecule has 0 bridgehead atoms. The second-order valence-corrected chi connectivity index (χ2v) is 6.87. The first kappa shape index (κ1) is 16.1. The standard InChI is InChI=1S/C18H20N2O5/c21-14-2-1-3-15(14)25-11-4-5-12-10(8-11)9-20(18(12)24)13-6-7-16(22)19-17(13)23/h4-5,8,13-15,21H,1-3,6-7,9H2,(H,19,22,23). The first-order chi connectivity index (χ1) is 12.0. The van der Waals surface area contributed by atoms with Crippen LogP contribution in [0.3, 0.4) is 0 Å². The minimum atomic E-state index is -0.612. The van der Waals surface area contributed by atoms with Crippen molar-refractivity contribution in [2.24, 2.45) is 0 Å². The zero-order valence-electron chi connectivity index (χ0n) is 13.7. The van der Waals surface area contributed by atoms with E-state index in [4.69, 9.17) is 4.74 Å². The Morgan fingerprint density at radius 3 is 2.72 bits per heavy atom. The lowest BCUT2D eigenvalue weighted by Crippen LogP contribution is -2.52. The van der Waals surface area contributed by atoms with Crippen molar-refractivity contribution in [2.45, 2.75) is 56.9 Å². The zero-order valence-corrected chi connectivity index (χ0v) is 13.7. The van der Waals surface area contributed by atoms with E-state index in [1.165, 1.54) is 4.90 Å². The van der Waals surface area contributed by atoms with Crippen molar-refractivity contribution in [1.29, 1.82) is 0 Å². The Labute approximate surface area is 144 Å². The highest BCUT2D eigenvalue weighted by Gasteiger charge is 2.39. The molecule has 2 heterocycles. The molecule has 1 aliphatic carbocycles. The molecule has 1 saturated carbocycles. The van der Waals surface area contributed by atoms with Crippen LogP contribution in [-0.4, -0.2) is 46.0 Å². The molecule has 3 atom stereocenters. The second-order valence-electron chi connectivity index (χ2n) is 6.87. The van der Waals surface area contributed by atoms with Crippen LogP contribution >= 0.6 is 0 Å². The lowest BCUT2D eigenvalue weighted by Gasteiger charge is -2.29. The summed E-state index contributed by atoms with van der Waals surface area (Å²) in [5.74, 6) is -0.279. The first-order valence-corrected chi connectivity index (χ1v) is 8.65. The van der Waals surface area contributed by atoms with Gasteiger partial charge >= 0.3 is 0 Å². The minimum absolute atomic E-state index is 0.197. The molecule has 2 N–H and O–H groups in total. The van der Waals surface area contributed by atoms with Crippen LogP contribution in [0.25, 0.3) is 0 Å². The van der Waals surface area contributed by atoms with Gasteiger partial charge in [0.25, 0.3) is 5.91 Å². The molecule has 3 aliphatic rings. The first-order valence-electron chi connectivity index (χ1n) is 8.65. The number of rotatable bonds is 3. The number of hydrogen-bond donors (Lipinski definition) is 2. The van der Waals surface area contributed by atoms with Crippen molar-refractivity contribution in [3.63, 3.8) is 0 Å². The van der Waals surface area contributed by atoms with E-state index < -0.39 is 18.1 Å². The third kappa shape index (κ3) is 2.89. The molecule has 1 aromatic carbocycles. The van der Waals surface area contributed by atoms with Crippen molar-refractivity contribution in [3.05, 3.63) is 29.3 Å². The zero-order chi connectivity index (χ0) is 17.6. The van der Waals surface area contributed by atoms with Gasteiger partial charge in [0.05, 0.1) is 6.10 Å². The smallest absolute Gasteiger partial charge is 0.255 e. The SMILES string of the molecule is O=C1CCC(N2Cc3cc(OC4CCCC4O)ccc3C2=O)C(=O)N1. The van der Waals surface area contributed by atoms with Crippen LogP contribution in [0.15, 0.2) is 18.2 Å². The molecule has 7 nitrogen and oxygen atoms in total. The van der Waals surface area contributed by atoms with E-state index >= 15 is 0 Å². The van der Waals surface area contributed by atoms with Gasteiger partial charge in [-0.1, -0.05) is 0 Å². The normalized spacial score (nSPS) is 28.9. The maximum absolute atomic E-state index is 12.6. The molecule has 3 unspecified atom stereocenters. The highest BCUT2D eigenvalue weighted by atomic mass is 16.5. The van der Waals surface area contributed by atoms with Crippen LogP contribution < -0.4 is 10.1 Å². The molecule has 25 heavy (non-hydrogen) atoms. The van der Waals surface area contributed by atoms with Gasteiger partial charge < -0.3 is 14.7 Å². The summed E-state index contributed by atoms with van der Waals surface area (Å²) < 4.78 is 5.86. The number of nitrogens with one attached hydrogen (secondary N) is 1. The molecule has 0 aromatic heterocycles. The number of carbonyl (C=O) groups is 3. The van der Waals surface area contributed by atoms with Gasteiger partial charge in [-0.15, -0.1) is 0 Å². The highest BCUT2D eigenvalue weighted by Crippen LogP contribution is 2.32. The van der Waals surface area contributed by atoms with Gasteiger partial charge in [0.1, 0.15) is 17.9 Å². The molecule has 1 aromatic rings. The topological polar surface area (TPSA) is 95.9 Å². The summed E-state index contributed by atoms with van der Waals surface area (Å²) in [6.45, 7) is 0.324. The summed E-state index contributed by atoms with van der Waals surface area (Å²) in [6.07, 6.45) is 2.44. The number of ether oxygens (including phenoxy) is 1. The Hall–Kier alpha value is -2.41. The molecular formula is C18H20N2O5. The van der Waals surface area contributed by atoms with Crippen LogP contribution in [0, 0.1) is 0 Å². The molecule has 2 fully saturated rings. The molecule has 0 radical (unpaired) electrons. The summed E-state index contributed by atoms with van der Waals surface area (Å²) in [6, 6.07) is 4.64. The van der Waals surface area contributed by atoms with E-state index in [1.807, 2.05) is 6.07 Å². The van der Waals surface area contributed by atoms with Gasteiger partial charge in [-0.05, 0) is 49.4 Å². The predicted octanol–water partition coefficient (Wildman–Crippen LogP) is 0.740. The van der Waals surface area contributed by atoms with Gasteiger partial charge in [-0.2, -0.15) is 0 Å². The van der Waals surface area contributed by atoms with E-state index in [9.17, 15) is 19.5 Å². The predicted molar refractivity (Wildman–Crippen MR) is 86.8 cm³/mol. The Morgan fingerprint density at radius 1 is 1.16 bits per heavy atom. The number of aliphatic hydroxyl groups is 1. The number of aliphatic hydroxyl groups excluding tert-OH is 1. The number of benzene rings is 1. The maximum atomic E-state index is 12.6. The third-order valence-electron chi connectivity index (χ3n) is 5.20. The number of nitrogens with zero attached hydrogens (tertiary/aromatic N) is 1. The van der Waals surface area contributed by atoms with Gasteiger partial charge in [0.15, 0.2) is 0 Å². The van der Waals surface area contributed by atoms with E-state index in [2.05, 4.69) is 5.32 Å². The van der Waals surface area contributed by atoms with Crippen LogP contribution in [0.2, 0.25) is 0 Å². The molecular weight excluding hydrogens is 324 g/mol. The number of piperidine rings is 1.